The second kappa shape index (κ2) is 9.09. The van der Waals surface area contributed by atoms with Crippen LogP contribution < -0.4 is 9.47 Å². The molecule has 0 radical (unpaired) electrons. The molecular formula is C20H24ClNO3. The van der Waals surface area contributed by atoms with E-state index in [2.05, 4.69) is 11.0 Å². The van der Waals surface area contributed by atoms with E-state index in [0.29, 0.717) is 10.8 Å². The van der Waals surface area contributed by atoms with Gasteiger partial charge < -0.3 is 14.2 Å². The van der Waals surface area contributed by atoms with Crippen molar-refractivity contribution in [3.63, 3.8) is 0 Å². The summed E-state index contributed by atoms with van der Waals surface area (Å²) in [5.74, 6) is 1.54. The van der Waals surface area contributed by atoms with Crippen molar-refractivity contribution in [2.75, 3.05) is 40.0 Å². The first-order chi connectivity index (χ1) is 12.3. The number of para-hydroxylation sites is 1. The summed E-state index contributed by atoms with van der Waals surface area (Å²) in [7, 11) is 1.68. The van der Waals surface area contributed by atoms with Gasteiger partial charge in [-0.3, -0.25) is 4.90 Å². The maximum Gasteiger partial charge on any atom is 0.138 e. The highest BCUT2D eigenvalue weighted by Crippen LogP contribution is 2.31. The Labute approximate surface area is 154 Å². The third-order valence-electron chi connectivity index (χ3n) is 4.38. The summed E-state index contributed by atoms with van der Waals surface area (Å²) < 4.78 is 17.1. The highest BCUT2D eigenvalue weighted by atomic mass is 35.5. The average Bonchev–Trinajstić information content (AvgIpc) is 2.67. The molecule has 1 aliphatic rings. The molecule has 0 N–H and O–H groups in total. The molecule has 25 heavy (non-hydrogen) atoms. The van der Waals surface area contributed by atoms with Crippen LogP contribution in [-0.4, -0.2) is 44.9 Å². The Morgan fingerprint density at radius 3 is 2.68 bits per heavy atom. The summed E-state index contributed by atoms with van der Waals surface area (Å²) in [6.07, 6.45) is 0.788. The van der Waals surface area contributed by atoms with Crippen molar-refractivity contribution in [3.05, 3.63) is 59.1 Å². The standard InChI is InChI=1S/C20H24ClNO3/c1-23-17-6-4-5-16(15-17)19(9-10-22-11-13-24-14-12-22)25-20-8-3-2-7-18(20)21/h2-8,15,19H,9-14H2,1H3. The van der Waals surface area contributed by atoms with Crippen molar-refractivity contribution in [1.82, 2.24) is 4.90 Å². The van der Waals surface area contributed by atoms with Gasteiger partial charge in [-0.15, -0.1) is 0 Å². The third-order valence-corrected chi connectivity index (χ3v) is 4.69. The summed E-state index contributed by atoms with van der Waals surface area (Å²) in [5, 5.41) is 0.627. The lowest BCUT2D eigenvalue weighted by atomic mass is 10.1. The van der Waals surface area contributed by atoms with E-state index in [9.17, 15) is 0 Å². The molecule has 1 atom stereocenters. The van der Waals surface area contributed by atoms with Gasteiger partial charge in [-0.25, -0.2) is 0 Å². The van der Waals surface area contributed by atoms with Crippen LogP contribution in [-0.2, 0) is 4.74 Å². The Hall–Kier alpha value is -1.75. The van der Waals surface area contributed by atoms with Crippen LogP contribution in [0, 0.1) is 0 Å². The van der Waals surface area contributed by atoms with Crippen LogP contribution in [0.5, 0.6) is 11.5 Å². The molecule has 1 unspecified atom stereocenters. The Morgan fingerprint density at radius 2 is 1.92 bits per heavy atom. The molecule has 1 fully saturated rings. The smallest absolute Gasteiger partial charge is 0.138 e. The molecule has 2 aromatic rings. The highest BCUT2D eigenvalue weighted by Gasteiger charge is 2.18. The van der Waals surface area contributed by atoms with Crippen molar-refractivity contribution >= 4 is 11.6 Å². The van der Waals surface area contributed by atoms with E-state index in [4.69, 9.17) is 25.8 Å². The van der Waals surface area contributed by atoms with E-state index in [1.54, 1.807) is 7.11 Å². The first-order valence-corrected chi connectivity index (χ1v) is 8.99. The van der Waals surface area contributed by atoms with Gasteiger partial charge in [-0.2, -0.15) is 0 Å². The van der Waals surface area contributed by atoms with E-state index in [1.807, 2.05) is 42.5 Å². The number of hydrogen-bond donors (Lipinski definition) is 0. The molecule has 3 rings (SSSR count). The second-order valence-corrected chi connectivity index (χ2v) is 6.46. The molecule has 0 aromatic heterocycles. The number of benzene rings is 2. The normalized spacial score (nSPS) is 16.4. The molecule has 0 bridgehead atoms. The maximum absolute atomic E-state index is 6.29. The molecule has 0 saturated carbocycles. The SMILES string of the molecule is COc1cccc(C(CCN2CCOCC2)Oc2ccccc2Cl)c1. The van der Waals surface area contributed by atoms with Crippen LogP contribution in [0.4, 0.5) is 0 Å². The number of halogens is 1. The lowest BCUT2D eigenvalue weighted by molar-refractivity contribution is 0.0317. The van der Waals surface area contributed by atoms with Gasteiger partial charge in [0.15, 0.2) is 0 Å². The number of rotatable bonds is 7. The first-order valence-electron chi connectivity index (χ1n) is 8.61. The van der Waals surface area contributed by atoms with Gasteiger partial charge >= 0.3 is 0 Å². The van der Waals surface area contributed by atoms with Crippen molar-refractivity contribution in [1.29, 1.82) is 0 Å². The van der Waals surface area contributed by atoms with Crippen LogP contribution in [0.25, 0.3) is 0 Å². The van der Waals surface area contributed by atoms with E-state index in [1.165, 1.54) is 0 Å². The second-order valence-electron chi connectivity index (χ2n) is 6.06. The summed E-state index contributed by atoms with van der Waals surface area (Å²) >= 11 is 6.29. The molecule has 1 aliphatic heterocycles. The first kappa shape index (κ1) is 18.1. The summed E-state index contributed by atoms with van der Waals surface area (Å²) in [6, 6.07) is 15.6. The zero-order valence-corrected chi connectivity index (χ0v) is 15.2. The van der Waals surface area contributed by atoms with E-state index < -0.39 is 0 Å². The van der Waals surface area contributed by atoms with Crippen molar-refractivity contribution in [3.8, 4) is 11.5 Å². The minimum Gasteiger partial charge on any atom is -0.497 e. The number of morpholine rings is 1. The maximum atomic E-state index is 6.29. The van der Waals surface area contributed by atoms with Crippen molar-refractivity contribution < 1.29 is 14.2 Å². The minimum atomic E-state index is -0.0853. The zero-order chi connectivity index (χ0) is 17.5. The molecule has 2 aromatic carbocycles. The topological polar surface area (TPSA) is 30.9 Å². The lowest BCUT2D eigenvalue weighted by Gasteiger charge is -2.29. The Morgan fingerprint density at radius 1 is 1.12 bits per heavy atom. The fourth-order valence-electron chi connectivity index (χ4n) is 2.95. The largest absolute Gasteiger partial charge is 0.497 e. The molecule has 1 heterocycles. The molecule has 0 spiro atoms. The summed E-state index contributed by atoms with van der Waals surface area (Å²) in [4.78, 5) is 2.41. The van der Waals surface area contributed by atoms with Gasteiger partial charge in [0.2, 0.25) is 0 Å². The van der Waals surface area contributed by atoms with Gasteiger partial charge in [0.25, 0.3) is 0 Å². The number of ether oxygens (including phenoxy) is 3. The van der Waals surface area contributed by atoms with E-state index in [-0.39, 0.29) is 6.10 Å². The Balaban J connectivity index is 1.75. The van der Waals surface area contributed by atoms with Crippen molar-refractivity contribution in [2.45, 2.75) is 12.5 Å². The Kier molecular flexibility index (Phi) is 6.56. The van der Waals surface area contributed by atoms with Gasteiger partial charge in [0.1, 0.15) is 17.6 Å². The third kappa shape index (κ3) is 5.11. The monoisotopic (exact) mass is 361 g/mol. The molecular weight excluding hydrogens is 338 g/mol. The van der Waals surface area contributed by atoms with Crippen LogP contribution in [0.1, 0.15) is 18.1 Å². The van der Waals surface area contributed by atoms with Gasteiger partial charge in [0.05, 0.1) is 25.3 Å². The highest BCUT2D eigenvalue weighted by molar-refractivity contribution is 6.32. The fraction of sp³-hybridized carbons (Fsp3) is 0.400. The van der Waals surface area contributed by atoms with Crippen LogP contribution in [0.15, 0.2) is 48.5 Å². The average molecular weight is 362 g/mol. The predicted molar refractivity (Wildman–Crippen MR) is 99.7 cm³/mol. The molecule has 1 saturated heterocycles. The van der Waals surface area contributed by atoms with Crippen LogP contribution >= 0.6 is 11.6 Å². The lowest BCUT2D eigenvalue weighted by Crippen LogP contribution is -2.37. The molecule has 4 nitrogen and oxygen atoms in total. The van der Waals surface area contributed by atoms with Crippen LogP contribution in [0.3, 0.4) is 0 Å². The van der Waals surface area contributed by atoms with E-state index in [0.717, 1.165) is 50.6 Å². The molecule has 0 amide bonds. The molecule has 0 aliphatic carbocycles. The van der Waals surface area contributed by atoms with Crippen LogP contribution in [0.2, 0.25) is 5.02 Å². The Bertz CT molecular complexity index is 673. The fourth-order valence-corrected chi connectivity index (χ4v) is 3.13. The summed E-state index contributed by atoms with van der Waals surface area (Å²) in [5.41, 5.74) is 1.09. The van der Waals surface area contributed by atoms with Gasteiger partial charge in [0, 0.05) is 26.1 Å². The predicted octanol–water partition coefficient (Wildman–Crippen LogP) is 4.19. The van der Waals surface area contributed by atoms with Gasteiger partial charge in [-0.05, 0) is 29.8 Å². The molecule has 134 valence electrons. The number of methoxy groups -OCH3 is 1. The zero-order valence-electron chi connectivity index (χ0n) is 14.5. The number of nitrogens with zero attached hydrogens (tertiary/aromatic N) is 1. The van der Waals surface area contributed by atoms with Gasteiger partial charge in [-0.1, -0.05) is 35.9 Å². The van der Waals surface area contributed by atoms with Crippen molar-refractivity contribution in [2.24, 2.45) is 0 Å². The molecule has 5 heteroatoms. The van der Waals surface area contributed by atoms with E-state index >= 15 is 0 Å². The minimum absolute atomic E-state index is 0.0853. The summed E-state index contributed by atoms with van der Waals surface area (Å²) in [6.45, 7) is 4.49. The quantitative estimate of drug-likeness (QED) is 0.739. The number of hydrogen-bond acceptors (Lipinski definition) is 4.